The molecule has 4 aromatic carbocycles. The van der Waals surface area contributed by atoms with E-state index < -0.39 is 15.9 Å². The topological polar surface area (TPSA) is 107 Å². The molecule has 2 atom stereocenters. The zero-order chi connectivity index (χ0) is 45.8. The van der Waals surface area contributed by atoms with E-state index in [1.807, 2.05) is 67.7 Å². The second kappa shape index (κ2) is 19.8. The fourth-order valence-electron chi connectivity index (χ4n) is 10.4. The Bertz CT molecular complexity index is 2660. The lowest BCUT2D eigenvalue weighted by atomic mass is 9.67. The number of hydrogen-bond donors (Lipinski definition) is 3. The van der Waals surface area contributed by atoms with Gasteiger partial charge in [-0.05, 0) is 159 Å². The van der Waals surface area contributed by atoms with Gasteiger partial charge in [-0.15, -0.1) is 0 Å². The molecule has 1 amide bonds. The summed E-state index contributed by atoms with van der Waals surface area (Å²) in [6.07, 6.45) is 16.6. The first-order valence-corrected chi connectivity index (χ1v) is 25.4. The highest BCUT2D eigenvalue weighted by Gasteiger charge is 2.35. The summed E-state index contributed by atoms with van der Waals surface area (Å²) in [7, 11) is -4.23. The van der Waals surface area contributed by atoms with Crippen LogP contribution in [0.3, 0.4) is 0 Å². The summed E-state index contributed by atoms with van der Waals surface area (Å²) < 4.78 is 36.7. The summed E-state index contributed by atoms with van der Waals surface area (Å²) >= 11 is 6.27. The van der Waals surface area contributed by atoms with Gasteiger partial charge in [0.2, 0.25) is 0 Å². The SMILES string of the molecule is CC=CCCC1(CNc2ccc(S(=O)(=O)NC(=O)c3ccc(N4CCN(CC5=C(c6ccc(Cl)cc6)CC(C)(C)CC5)CC4)cc3Oc3ccc4[nH]ccc4c3)cc2C)CCCC(C)C1. The van der Waals surface area contributed by atoms with Crippen molar-refractivity contribution in [3.8, 4) is 11.5 Å². The fourth-order valence-corrected chi connectivity index (χ4v) is 11.6. The molecule has 5 aromatic rings. The molecule has 0 bridgehead atoms. The Balaban J connectivity index is 0.978. The molecular formula is C54H66ClN5O4S. The summed E-state index contributed by atoms with van der Waals surface area (Å²) in [6, 6.07) is 26.4. The molecule has 2 fully saturated rings. The molecule has 1 aromatic heterocycles. The van der Waals surface area contributed by atoms with Gasteiger partial charge in [0.15, 0.2) is 0 Å². The van der Waals surface area contributed by atoms with Crippen LogP contribution in [0, 0.1) is 23.7 Å². The number of halogens is 1. The van der Waals surface area contributed by atoms with E-state index in [1.54, 1.807) is 18.2 Å². The number of aromatic amines is 1. The lowest BCUT2D eigenvalue weighted by Crippen LogP contribution is -2.47. The fraction of sp³-hybridized carbons (Fsp3) is 0.426. The van der Waals surface area contributed by atoms with Gasteiger partial charge < -0.3 is 19.9 Å². The number of allylic oxidation sites excluding steroid dienone is 3. The number of fused-ring (bicyclic) bond motifs is 1. The molecule has 3 aliphatic rings. The molecule has 2 unspecified atom stereocenters. The minimum absolute atomic E-state index is 0.0332. The predicted molar refractivity (Wildman–Crippen MR) is 268 cm³/mol. The number of ether oxygens (including phenoxy) is 1. The molecule has 2 heterocycles. The highest BCUT2D eigenvalue weighted by molar-refractivity contribution is 7.90. The van der Waals surface area contributed by atoms with Crippen molar-refractivity contribution in [3.63, 3.8) is 0 Å². The molecule has 0 spiro atoms. The third-order valence-electron chi connectivity index (χ3n) is 14.1. The lowest BCUT2D eigenvalue weighted by Gasteiger charge is -2.41. The summed E-state index contributed by atoms with van der Waals surface area (Å²) in [5.41, 5.74) is 8.40. The molecule has 11 heteroatoms. The number of H-pyrrole nitrogens is 1. The average molecular weight is 917 g/mol. The third-order valence-corrected chi connectivity index (χ3v) is 15.7. The number of nitrogens with one attached hydrogen (secondary N) is 3. The van der Waals surface area contributed by atoms with Crippen LogP contribution in [0.1, 0.15) is 107 Å². The predicted octanol–water partition coefficient (Wildman–Crippen LogP) is 12.8. The number of aryl methyl sites for hydroxylation is 1. The van der Waals surface area contributed by atoms with E-state index >= 15 is 0 Å². The van der Waals surface area contributed by atoms with Crippen LogP contribution >= 0.6 is 11.6 Å². The van der Waals surface area contributed by atoms with E-state index in [2.05, 4.69) is 76.8 Å². The van der Waals surface area contributed by atoms with Crippen LogP contribution in [0.2, 0.25) is 5.02 Å². The third kappa shape index (κ3) is 11.3. The van der Waals surface area contributed by atoms with Gasteiger partial charge in [-0.2, -0.15) is 0 Å². The Hall–Kier alpha value is -5.03. The van der Waals surface area contributed by atoms with Crippen LogP contribution in [0.4, 0.5) is 11.4 Å². The molecule has 8 rings (SSSR count). The number of hydrogen-bond acceptors (Lipinski definition) is 7. The first kappa shape index (κ1) is 46.5. The second-order valence-electron chi connectivity index (χ2n) is 19.8. The van der Waals surface area contributed by atoms with Crippen LogP contribution in [-0.4, -0.2) is 63.5 Å². The van der Waals surface area contributed by atoms with E-state index in [4.69, 9.17) is 16.3 Å². The number of rotatable bonds is 15. The van der Waals surface area contributed by atoms with Gasteiger partial charge in [-0.3, -0.25) is 9.69 Å². The minimum atomic E-state index is -4.23. The largest absolute Gasteiger partial charge is 0.456 e. The quantitative estimate of drug-likeness (QED) is 0.0898. The zero-order valence-corrected chi connectivity index (χ0v) is 40.4. The smallest absolute Gasteiger partial charge is 0.268 e. The average Bonchev–Trinajstić information content (AvgIpc) is 3.75. The Morgan fingerprint density at radius 3 is 2.52 bits per heavy atom. The van der Waals surface area contributed by atoms with Crippen molar-refractivity contribution in [1.29, 1.82) is 0 Å². The highest BCUT2D eigenvalue weighted by atomic mass is 35.5. The van der Waals surface area contributed by atoms with E-state index in [0.717, 1.165) is 97.8 Å². The first-order chi connectivity index (χ1) is 31.2. The van der Waals surface area contributed by atoms with Crippen molar-refractivity contribution < 1.29 is 17.9 Å². The van der Waals surface area contributed by atoms with Crippen molar-refractivity contribution in [1.82, 2.24) is 14.6 Å². The summed E-state index contributed by atoms with van der Waals surface area (Å²) in [5, 5.41) is 5.40. The molecule has 1 saturated heterocycles. The highest BCUT2D eigenvalue weighted by Crippen LogP contribution is 2.45. The van der Waals surface area contributed by atoms with Crippen LogP contribution in [-0.2, 0) is 10.0 Å². The van der Waals surface area contributed by atoms with Crippen molar-refractivity contribution in [2.24, 2.45) is 16.7 Å². The Labute approximate surface area is 391 Å². The monoisotopic (exact) mass is 915 g/mol. The van der Waals surface area contributed by atoms with Gasteiger partial charge in [0, 0.05) is 78.8 Å². The Morgan fingerprint density at radius 2 is 1.77 bits per heavy atom. The number of sulfonamides is 1. The number of anilines is 2. The van der Waals surface area contributed by atoms with Gasteiger partial charge in [0.25, 0.3) is 15.9 Å². The Kier molecular flexibility index (Phi) is 14.2. The number of nitrogens with zero attached hydrogens (tertiary/aromatic N) is 2. The van der Waals surface area contributed by atoms with Gasteiger partial charge in [0.1, 0.15) is 11.5 Å². The standard InChI is InChI=1S/C54H66ClN5O4S/c1-6-7-8-23-54(24-9-10-38(2)34-54)37-57-49-20-17-46(31-39(49)3)65(62,63)58-52(61)47-18-15-44(33-51(47)64-45-16-19-50-41(32-45)22-26-56-50)60-29-27-59(28-30-60)36-42-21-25-53(4,5)35-48(42)40-11-13-43(55)14-12-40/h6-7,11-20,22,26,31-33,38,56-57H,8-10,21,23-25,27-30,34-37H2,1-5H3,(H,58,61). The molecule has 2 aliphatic carbocycles. The number of aromatic nitrogens is 1. The number of amides is 1. The van der Waals surface area contributed by atoms with E-state index in [9.17, 15) is 13.2 Å². The van der Waals surface area contributed by atoms with Crippen molar-refractivity contribution in [2.75, 3.05) is 49.5 Å². The van der Waals surface area contributed by atoms with Crippen LogP contribution in [0.25, 0.3) is 16.5 Å². The zero-order valence-electron chi connectivity index (χ0n) is 38.8. The number of carbonyl (C=O) groups is 1. The summed E-state index contributed by atoms with van der Waals surface area (Å²) in [4.78, 5) is 22.2. The van der Waals surface area contributed by atoms with Crippen molar-refractivity contribution >= 4 is 55.4 Å². The van der Waals surface area contributed by atoms with Gasteiger partial charge in [-0.25, -0.2) is 13.1 Å². The first-order valence-electron chi connectivity index (χ1n) is 23.5. The van der Waals surface area contributed by atoms with E-state index in [1.165, 1.54) is 48.8 Å². The molecule has 3 N–H and O–H groups in total. The maximum absolute atomic E-state index is 14.1. The molecular weight excluding hydrogens is 850 g/mol. The number of carbonyl (C=O) groups excluding carboxylic acids is 1. The maximum atomic E-state index is 14.1. The Morgan fingerprint density at radius 1 is 0.969 bits per heavy atom. The summed E-state index contributed by atoms with van der Waals surface area (Å²) in [6.45, 7) is 16.2. The van der Waals surface area contributed by atoms with E-state index in [0.29, 0.717) is 11.7 Å². The van der Waals surface area contributed by atoms with Gasteiger partial charge in [-0.1, -0.05) is 75.1 Å². The van der Waals surface area contributed by atoms with Crippen LogP contribution in [0.5, 0.6) is 11.5 Å². The van der Waals surface area contributed by atoms with Crippen LogP contribution < -0.4 is 19.7 Å². The van der Waals surface area contributed by atoms with Gasteiger partial charge in [0.05, 0.1) is 10.5 Å². The lowest BCUT2D eigenvalue weighted by molar-refractivity contribution is 0.0979. The summed E-state index contributed by atoms with van der Waals surface area (Å²) in [5.74, 6) is 0.758. The van der Waals surface area contributed by atoms with Crippen LogP contribution in [0.15, 0.2) is 114 Å². The van der Waals surface area contributed by atoms with Crippen molar-refractivity contribution in [3.05, 3.63) is 131 Å². The maximum Gasteiger partial charge on any atom is 0.268 e. The van der Waals surface area contributed by atoms with Gasteiger partial charge >= 0.3 is 0 Å². The molecule has 1 aliphatic heterocycles. The number of piperazine rings is 1. The number of benzene rings is 4. The van der Waals surface area contributed by atoms with E-state index in [-0.39, 0.29) is 27.0 Å². The minimum Gasteiger partial charge on any atom is -0.456 e. The van der Waals surface area contributed by atoms with Crippen molar-refractivity contribution in [2.45, 2.75) is 97.3 Å². The molecule has 9 nitrogen and oxygen atoms in total. The second-order valence-corrected chi connectivity index (χ2v) is 21.9. The molecule has 65 heavy (non-hydrogen) atoms. The molecule has 344 valence electrons. The molecule has 1 saturated carbocycles. The molecule has 0 radical (unpaired) electrons. The normalized spacial score (nSPS) is 20.6.